The van der Waals surface area contributed by atoms with E-state index in [2.05, 4.69) is 15.5 Å². The van der Waals surface area contributed by atoms with Gasteiger partial charge in [-0.05, 0) is 42.6 Å². The minimum absolute atomic E-state index is 0.146. The van der Waals surface area contributed by atoms with Crippen molar-refractivity contribution in [3.05, 3.63) is 47.7 Å². The average molecular weight is 359 g/mol. The van der Waals surface area contributed by atoms with Crippen LogP contribution in [0.25, 0.3) is 10.7 Å². The molecule has 0 spiro atoms. The first-order valence-corrected chi connectivity index (χ1v) is 8.48. The summed E-state index contributed by atoms with van der Waals surface area (Å²) in [6, 6.07) is 10.8. The van der Waals surface area contributed by atoms with E-state index in [1.165, 1.54) is 11.3 Å². The Hall–Kier alpha value is -2.87. The maximum absolute atomic E-state index is 12.1. The summed E-state index contributed by atoms with van der Waals surface area (Å²) in [5, 5.41) is 8.55. The number of hydrogen-bond donors (Lipinski definition) is 1. The highest BCUT2D eigenvalue weighted by atomic mass is 32.1. The molecule has 0 aliphatic heterocycles. The van der Waals surface area contributed by atoms with Crippen molar-refractivity contribution in [1.29, 1.82) is 0 Å². The Balaban J connectivity index is 1.51. The van der Waals surface area contributed by atoms with Gasteiger partial charge in [0.25, 0.3) is 5.91 Å². The average Bonchev–Trinajstić information content (AvgIpc) is 3.31. The first-order chi connectivity index (χ1) is 12.2. The summed E-state index contributed by atoms with van der Waals surface area (Å²) in [5.74, 6) is 1.89. The van der Waals surface area contributed by atoms with Gasteiger partial charge in [-0.15, -0.1) is 11.3 Å². The van der Waals surface area contributed by atoms with Crippen LogP contribution in [0, 0.1) is 0 Å². The van der Waals surface area contributed by atoms with Crippen LogP contribution in [-0.4, -0.2) is 29.3 Å². The number of nitrogens with one attached hydrogen (secondary N) is 1. The molecule has 2 aromatic heterocycles. The third kappa shape index (κ3) is 4.36. The monoisotopic (exact) mass is 359 g/mol. The summed E-state index contributed by atoms with van der Waals surface area (Å²) < 4.78 is 15.8. The molecule has 1 atom stereocenters. The van der Waals surface area contributed by atoms with Gasteiger partial charge in [-0.25, -0.2) is 0 Å². The number of hydrogen-bond acceptors (Lipinski definition) is 7. The molecule has 0 aliphatic carbocycles. The Bertz CT molecular complexity index is 815. The molecule has 0 bridgehead atoms. The fraction of sp³-hybridized carbons (Fsp3) is 0.235. The zero-order chi connectivity index (χ0) is 17.6. The number of amides is 1. The number of methoxy groups -OCH3 is 1. The highest BCUT2D eigenvalue weighted by Gasteiger charge is 2.16. The number of carbonyl (C=O) groups excluding carboxylic acids is 1. The quantitative estimate of drug-likeness (QED) is 0.698. The van der Waals surface area contributed by atoms with Crippen molar-refractivity contribution in [1.82, 2.24) is 15.5 Å². The van der Waals surface area contributed by atoms with E-state index in [0.29, 0.717) is 17.5 Å². The van der Waals surface area contributed by atoms with Crippen LogP contribution >= 0.6 is 11.3 Å². The normalized spacial score (nSPS) is 11.8. The lowest BCUT2D eigenvalue weighted by Gasteiger charge is -2.14. The van der Waals surface area contributed by atoms with E-state index in [9.17, 15) is 4.79 Å². The van der Waals surface area contributed by atoms with E-state index in [1.807, 2.05) is 17.5 Å². The minimum atomic E-state index is -0.659. The van der Waals surface area contributed by atoms with Crippen LogP contribution in [-0.2, 0) is 11.3 Å². The number of benzene rings is 1. The highest BCUT2D eigenvalue weighted by Crippen LogP contribution is 2.21. The van der Waals surface area contributed by atoms with Gasteiger partial charge in [-0.1, -0.05) is 11.2 Å². The number of rotatable bonds is 7. The predicted molar refractivity (Wildman–Crippen MR) is 92.5 cm³/mol. The second-order valence-electron chi connectivity index (χ2n) is 5.14. The van der Waals surface area contributed by atoms with Crippen LogP contribution in [0.5, 0.6) is 11.5 Å². The zero-order valence-corrected chi connectivity index (χ0v) is 14.6. The van der Waals surface area contributed by atoms with Crippen molar-refractivity contribution < 1.29 is 18.8 Å². The summed E-state index contributed by atoms with van der Waals surface area (Å²) in [7, 11) is 1.59. The largest absolute Gasteiger partial charge is 0.497 e. The topological polar surface area (TPSA) is 86.5 Å². The fourth-order valence-electron chi connectivity index (χ4n) is 2.05. The van der Waals surface area contributed by atoms with Crippen LogP contribution in [0.3, 0.4) is 0 Å². The van der Waals surface area contributed by atoms with Gasteiger partial charge in [0.2, 0.25) is 11.7 Å². The van der Waals surface area contributed by atoms with Crippen molar-refractivity contribution in [3.63, 3.8) is 0 Å². The Morgan fingerprint density at radius 1 is 1.28 bits per heavy atom. The van der Waals surface area contributed by atoms with Crippen molar-refractivity contribution in [2.75, 3.05) is 7.11 Å². The lowest BCUT2D eigenvalue weighted by atomic mass is 10.3. The molecule has 0 saturated heterocycles. The summed E-state index contributed by atoms with van der Waals surface area (Å²) >= 11 is 1.52. The maximum Gasteiger partial charge on any atom is 0.261 e. The van der Waals surface area contributed by atoms with Crippen LogP contribution in [0.1, 0.15) is 12.8 Å². The number of nitrogens with zero attached hydrogens (tertiary/aromatic N) is 2. The molecule has 0 unspecified atom stereocenters. The predicted octanol–water partition coefficient (Wildman–Crippen LogP) is 2.89. The molecule has 1 N–H and O–H groups in total. The van der Waals surface area contributed by atoms with Gasteiger partial charge in [-0.2, -0.15) is 4.98 Å². The molecule has 130 valence electrons. The molecule has 2 heterocycles. The summed E-state index contributed by atoms with van der Waals surface area (Å²) in [5.41, 5.74) is 0. The Morgan fingerprint density at radius 2 is 2.04 bits per heavy atom. The standard InChI is InChI=1S/C17H17N3O4S/c1-11(23-13-7-5-12(22-2)6-8-13)17(21)18-10-15-19-16(20-24-15)14-4-3-9-25-14/h3-9,11H,10H2,1-2H3,(H,18,21)/t11-/m1/s1. The third-order valence-corrected chi connectivity index (χ3v) is 4.23. The summed E-state index contributed by atoms with van der Waals surface area (Å²) in [6.07, 6.45) is -0.659. The molecule has 3 rings (SSSR count). The van der Waals surface area contributed by atoms with Crippen molar-refractivity contribution >= 4 is 17.2 Å². The Morgan fingerprint density at radius 3 is 2.72 bits per heavy atom. The number of carbonyl (C=O) groups is 1. The number of ether oxygens (including phenoxy) is 2. The van der Waals surface area contributed by atoms with Crippen molar-refractivity contribution in [2.24, 2.45) is 0 Å². The number of aromatic nitrogens is 2. The van der Waals surface area contributed by atoms with Gasteiger partial charge in [0.15, 0.2) is 6.10 Å². The van der Waals surface area contributed by atoms with Gasteiger partial charge in [0.05, 0.1) is 18.5 Å². The SMILES string of the molecule is COc1ccc(O[C@H](C)C(=O)NCc2nc(-c3cccs3)no2)cc1. The molecule has 25 heavy (non-hydrogen) atoms. The fourth-order valence-corrected chi connectivity index (χ4v) is 2.70. The molecule has 0 aliphatic rings. The second kappa shape index (κ2) is 7.80. The highest BCUT2D eigenvalue weighted by molar-refractivity contribution is 7.13. The molecule has 0 fully saturated rings. The summed E-state index contributed by atoms with van der Waals surface area (Å²) in [6.45, 7) is 1.82. The van der Waals surface area contributed by atoms with E-state index < -0.39 is 6.10 Å². The molecule has 0 radical (unpaired) electrons. The lowest BCUT2D eigenvalue weighted by molar-refractivity contribution is -0.127. The second-order valence-corrected chi connectivity index (χ2v) is 6.09. The van der Waals surface area contributed by atoms with Gasteiger partial charge in [0, 0.05) is 0 Å². The van der Waals surface area contributed by atoms with E-state index in [-0.39, 0.29) is 12.5 Å². The van der Waals surface area contributed by atoms with E-state index in [0.717, 1.165) is 10.6 Å². The molecule has 7 nitrogen and oxygen atoms in total. The molecule has 1 aromatic carbocycles. The van der Waals surface area contributed by atoms with Crippen molar-refractivity contribution in [3.8, 4) is 22.2 Å². The molecule has 3 aromatic rings. The summed E-state index contributed by atoms with van der Waals surface area (Å²) in [4.78, 5) is 17.3. The van der Waals surface area contributed by atoms with Crippen LogP contribution < -0.4 is 14.8 Å². The molecule has 0 saturated carbocycles. The van der Waals surface area contributed by atoms with Gasteiger partial charge >= 0.3 is 0 Å². The van der Waals surface area contributed by atoms with E-state index in [1.54, 1.807) is 38.3 Å². The minimum Gasteiger partial charge on any atom is -0.497 e. The first-order valence-electron chi connectivity index (χ1n) is 7.60. The maximum atomic E-state index is 12.1. The smallest absolute Gasteiger partial charge is 0.261 e. The van der Waals surface area contributed by atoms with E-state index >= 15 is 0 Å². The van der Waals surface area contributed by atoms with Crippen LogP contribution in [0.4, 0.5) is 0 Å². The molecule has 1 amide bonds. The first kappa shape index (κ1) is 17.0. The van der Waals surface area contributed by atoms with Gasteiger partial charge in [0.1, 0.15) is 11.5 Å². The molecular formula is C17H17N3O4S. The van der Waals surface area contributed by atoms with E-state index in [4.69, 9.17) is 14.0 Å². The molecular weight excluding hydrogens is 342 g/mol. The van der Waals surface area contributed by atoms with Gasteiger partial charge in [-0.3, -0.25) is 4.79 Å². The Kier molecular flexibility index (Phi) is 5.30. The molecule has 8 heteroatoms. The third-order valence-electron chi connectivity index (χ3n) is 3.37. The van der Waals surface area contributed by atoms with Crippen LogP contribution in [0.2, 0.25) is 0 Å². The zero-order valence-electron chi connectivity index (χ0n) is 13.8. The van der Waals surface area contributed by atoms with Crippen LogP contribution in [0.15, 0.2) is 46.3 Å². The Labute approximate surface area is 148 Å². The van der Waals surface area contributed by atoms with Gasteiger partial charge < -0.3 is 19.3 Å². The van der Waals surface area contributed by atoms with Crippen molar-refractivity contribution in [2.45, 2.75) is 19.6 Å². The number of thiophene rings is 1. The lowest BCUT2D eigenvalue weighted by Crippen LogP contribution is -2.35.